The first kappa shape index (κ1) is 21.5. The Morgan fingerprint density at radius 2 is 1.66 bits per heavy atom. The first-order valence-electron chi connectivity index (χ1n) is 8.70. The van der Waals surface area contributed by atoms with E-state index in [1.54, 1.807) is 30.3 Å². The number of carbonyl (C=O) groups is 4. The lowest BCUT2D eigenvalue weighted by Crippen LogP contribution is -2.38. The van der Waals surface area contributed by atoms with E-state index >= 15 is 0 Å². The average Bonchev–Trinajstić information content (AvgIpc) is 2.71. The second-order valence-electron chi connectivity index (χ2n) is 5.92. The molecule has 0 aromatic heterocycles. The van der Waals surface area contributed by atoms with E-state index in [9.17, 15) is 23.6 Å². The van der Waals surface area contributed by atoms with Crippen molar-refractivity contribution in [2.24, 2.45) is 5.73 Å². The number of nitrogens with one attached hydrogen (secondary N) is 1. The number of primary amides is 1. The Bertz CT molecular complexity index is 889. The van der Waals surface area contributed by atoms with E-state index in [4.69, 9.17) is 10.5 Å². The van der Waals surface area contributed by atoms with Crippen molar-refractivity contribution in [3.05, 3.63) is 66.0 Å². The molecule has 3 amide bonds. The lowest BCUT2D eigenvalue weighted by Gasteiger charge is -2.22. The lowest BCUT2D eigenvalue weighted by molar-refractivity contribution is -0.146. The van der Waals surface area contributed by atoms with Gasteiger partial charge in [0.2, 0.25) is 5.91 Å². The molecule has 9 heteroatoms. The Hall–Kier alpha value is -3.75. The SMILES string of the molecule is NC(=O)CCN(C(=O)COC(=O)CNC(=O)c1ccccc1F)c1ccccc1. The third kappa shape index (κ3) is 6.73. The summed E-state index contributed by atoms with van der Waals surface area (Å²) in [7, 11) is 0. The maximum atomic E-state index is 13.5. The summed E-state index contributed by atoms with van der Waals surface area (Å²) < 4.78 is 18.4. The van der Waals surface area contributed by atoms with Crippen molar-refractivity contribution >= 4 is 29.4 Å². The van der Waals surface area contributed by atoms with Crippen molar-refractivity contribution in [1.29, 1.82) is 0 Å². The molecule has 0 radical (unpaired) electrons. The highest BCUT2D eigenvalue weighted by atomic mass is 19.1. The molecule has 0 saturated heterocycles. The van der Waals surface area contributed by atoms with Gasteiger partial charge in [-0.3, -0.25) is 19.2 Å². The van der Waals surface area contributed by atoms with Crippen molar-refractivity contribution in [3.63, 3.8) is 0 Å². The Balaban J connectivity index is 1.88. The predicted octanol–water partition coefficient (Wildman–Crippen LogP) is 1.01. The number of carbonyl (C=O) groups excluding carboxylic acids is 4. The summed E-state index contributed by atoms with van der Waals surface area (Å²) in [4.78, 5) is 48.4. The lowest BCUT2D eigenvalue weighted by atomic mass is 10.2. The predicted molar refractivity (Wildman–Crippen MR) is 102 cm³/mol. The van der Waals surface area contributed by atoms with Crippen molar-refractivity contribution in [2.45, 2.75) is 6.42 Å². The molecule has 2 aromatic carbocycles. The molecule has 0 heterocycles. The zero-order chi connectivity index (χ0) is 21.2. The Morgan fingerprint density at radius 1 is 1.00 bits per heavy atom. The normalized spacial score (nSPS) is 10.1. The van der Waals surface area contributed by atoms with Crippen LogP contribution in [0.2, 0.25) is 0 Å². The summed E-state index contributed by atoms with van der Waals surface area (Å²) >= 11 is 0. The number of amides is 3. The van der Waals surface area contributed by atoms with Gasteiger partial charge in [-0.2, -0.15) is 0 Å². The van der Waals surface area contributed by atoms with E-state index in [1.807, 2.05) is 0 Å². The van der Waals surface area contributed by atoms with Crippen molar-refractivity contribution in [1.82, 2.24) is 5.32 Å². The van der Waals surface area contributed by atoms with E-state index in [0.29, 0.717) is 5.69 Å². The minimum Gasteiger partial charge on any atom is -0.454 e. The summed E-state index contributed by atoms with van der Waals surface area (Å²) in [5.74, 6) is -3.51. The molecule has 8 nitrogen and oxygen atoms in total. The minimum absolute atomic E-state index is 0.0275. The summed E-state index contributed by atoms with van der Waals surface area (Å²) in [5, 5.41) is 2.22. The maximum Gasteiger partial charge on any atom is 0.325 e. The van der Waals surface area contributed by atoms with Gasteiger partial charge >= 0.3 is 5.97 Å². The molecule has 0 aliphatic rings. The molecule has 0 aliphatic carbocycles. The van der Waals surface area contributed by atoms with E-state index in [2.05, 4.69) is 5.32 Å². The summed E-state index contributed by atoms with van der Waals surface area (Å²) in [6.07, 6.45) is -0.0622. The molecule has 0 bridgehead atoms. The summed E-state index contributed by atoms with van der Waals surface area (Å²) in [5.41, 5.74) is 5.44. The summed E-state index contributed by atoms with van der Waals surface area (Å²) in [6, 6.07) is 13.8. The molecule has 0 atom stereocenters. The zero-order valence-corrected chi connectivity index (χ0v) is 15.5. The number of nitrogens with two attached hydrogens (primary N) is 1. The molecule has 3 N–H and O–H groups in total. The van der Waals surface area contributed by atoms with Crippen LogP contribution in [0.5, 0.6) is 0 Å². The molecular weight excluding hydrogens is 381 g/mol. The van der Waals surface area contributed by atoms with Gasteiger partial charge in [0.1, 0.15) is 12.4 Å². The van der Waals surface area contributed by atoms with E-state index in [1.165, 1.54) is 23.1 Å². The number of ether oxygens (including phenoxy) is 1. The van der Waals surface area contributed by atoms with Gasteiger partial charge in [0.05, 0.1) is 5.56 Å². The molecule has 0 spiro atoms. The van der Waals surface area contributed by atoms with Crippen LogP contribution >= 0.6 is 0 Å². The highest BCUT2D eigenvalue weighted by Gasteiger charge is 2.19. The number of nitrogens with zero attached hydrogens (tertiary/aromatic N) is 1. The van der Waals surface area contributed by atoms with Crippen LogP contribution in [0.15, 0.2) is 54.6 Å². The van der Waals surface area contributed by atoms with Gasteiger partial charge in [-0.15, -0.1) is 0 Å². The number of hydrogen-bond acceptors (Lipinski definition) is 5. The van der Waals surface area contributed by atoms with Crippen molar-refractivity contribution in [3.8, 4) is 0 Å². The van der Waals surface area contributed by atoms with Gasteiger partial charge in [-0.1, -0.05) is 30.3 Å². The van der Waals surface area contributed by atoms with Crippen molar-refractivity contribution in [2.75, 3.05) is 24.6 Å². The van der Waals surface area contributed by atoms with Crippen LogP contribution in [-0.4, -0.2) is 43.4 Å². The fraction of sp³-hybridized carbons (Fsp3) is 0.200. The second kappa shape index (κ2) is 10.5. The smallest absolute Gasteiger partial charge is 0.325 e. The molecule has 0 unspecified atom stereocenters. The zero-order valence-electron chi connectivity index (χ0n) is 15.5. The Morgan fingerprint density at radius 3 is 2.31 bits per heavy atom. The van der Waals surface area contributed by atoms with Crippen molar-refractivity contribution < 1.29 is 28.3 Å². The number of halogens is 1. The van der Waals surface area contributed by atoms with Crippen LogP contribution in [0.4, 0.5) is 10.1 Å². The second-order valence-corrected chi connectivity index (χ2v) is 5.92. The van der Waals surface area contributed by atoms with E-state index < -0.39 is 42.7 Å². The summed E-state index contributed by atoms with van der Waals surface area (Å²) in [6.45, 7) is -1.10. The molecule has 0 aliphatic heterocycles. The molecule has 29 heavy (non-hydrogen) atoms. The molecule has 2 aromatic rings. The monoisotopic (exact) mass is 401 g/mol. The third-order valence-corrected chi connectivity index (χ3v) is 3.82. The van der Waals surface area contributed by atoms with Gasteiger partial charge in [-0.05, 0) is 24.3 Å². The number of esters is 1. The fourth-order valence-electron chi connectivity index (χ4n) is 2.39. The quantitative estimate of drug-likeness (QED) is 0.608. The van der Waals surface area contributed by atoms with Crippen LogP contribution in [0, 0.1) is 5.82 Å². The van der Waals surface area contributed by atoms with Gasteiger partial charge in [-0.25, -0.2) is 4.39 Å². The molecule has 2 rings (SSSR count). The molecule has 0 fully saturated rings. The topological polar surface area (TPSA) is 119 Å². The van der Waals surface area contributed by atoms with Crippen LogP contribution in [0.3, 0.4) is 0 Å². The van der Waals surface area contributed by atoms with Crippen LogP contribution in [-0.2, 0) is 19.1 Å². The first-order valence-corrected chi connectivity index (χ1v) is 8.70. The number of anilines is 1. The van der Waals surface area contributed by atoms with Gasteiger partial charge in [0, 0.05) is 18.7 Å². The van der Waals surface area contributed by atoms with Gasteiger partial charge in [0.15, 0.2) is 6.61 Å². The Kier molecular flexibility index (Phi) is 7.84. The highest BCUT2D eigenvalue weighted by Crippen LogP contribution is 2.14. The number of hydrogen-bond donors (Lipinski definition) is 2. The molecule has 152 valence electrons. The Labute approximate surface area is 166 Å². The highest BCUT2D eigenvalue weighted by molar-refractivity contribution is 5.97. The van der Waals surface area contributed by atoms with Gasteiger partial charge in [0.25, 0.3) is 11.8 Å². The van der Waals surface area contributed by atoms with Crippen LogP contribution < -0.4 is 16.0 Å². The average molecular weight is 401 g/mol. The number of benzene rings is 2. The first-order chi connectivity index (χ1) is 13.9. The maximum absolute atomic E-state index is 13.5. The van der Waals surface area contributed by atoms with Crippen LogP contribution in [0.25, 0.3) is 0 Å². The third-order valence-electron chi connectivity index (χ3n) is 3.82. The number of para-hydroxylation sites is 1. The van der Waals surface area contributed by atoms with Gasteiger partial charge < -0.3 is 20.7 Å². The minimum atomic E-state index is -0.869. The molecule has 0 saturated carbocycles. The standard InChI is InChI=1S/C20H20FN3O5/c21-16-9-5-4-8-15(16)20(28)23-12-19(27)29-13-18(26)24(11-10-17(22)25)14-6-2-1-3-7-14/h1-9H,10-13H2,(H2,22,25)(H,23,28). The fourth-order valence-corrected chi connectivity index (χ4v) is 2.39. The number of rotatable bonds is 9. The van der Waals surface area contributed by atoms with Crippen LogP contribution in [0.1, 0.15) is 16.8 Å². The van der Waals surface area contributed by atoms with E-state index in [0.717, 1.165) is 6.07 Å². The largest absolute Gasteiger partial charge is 0.454 e. The molecular formula is C20H20FN3O5. The van der Waals surface area contributed by atoms with E-state index in [-0.39, 0.29) is 18.5 Å².